The first-order valence-electron chi connectivity index (χ1n) is 6.11. The number of benzene rings is 1. The molecule has 0 amide bonds. The summed E-state index contributed by atoms with van der Waals surface area (Å²) in [7, 11) is 0. The zero-order valence-electron chi connectivity index (χ0n) is 9.32. The molecule has 2 fully saturated rings. The van der Waals surface area contributed by atoms with Crippen molar-refractivity contribution in [3.63, 3.8) is 0 Å². The zero-order valence-corrected chi connectivity index (χ0v) is 9.32. The van der Waals surface area contributed by atoms with Gasteiger partial charge in [-0.3, -0.25) is 0 Å². The summed E-state index contributed by atoms with van der Waals surface area (Å²) in [4.78, 5) is 0. The van der Waals surface area contributed by atoms with Crippen LogP contribution in [-0.2, 0) is 0 Å². The minimum absolute atomic E-state index is 0.627. The van der Waals surface area contributed by atoms with E-state index in [1.165, 1.54) is 24.8 Å². The van der Waals surface area contributed by atoms with E-state index in [0.29, 0.717) is 5.92 Å². The molecule has 82 valence electrons. The molecule has 0 saturated heterocycles. The van der Waals surface area contributed by atoms with Gasteiger partial charge in [-0.2, -0.15) is 5.26 Å². The van der Waals surface area contributed by atoms with Gasteiger partial charge in [0.25, 0.3) is 0 Å². The van der Waals surface area contributed by atoms with E-state index in [4.69, 9.17) is 5.26 Å². The molecule has 1 aromatic carbocycles. The number of hydrogen-bond donors (Lipinski definition) is 1. The predicted octanol–water partition coefficient (Wildman–Crippen LogP) is 2.41. The number of rotatable bonds is 4. The fourth-order valence-corrected chi connectivity index (χ4v) is 2.38. The van der Waals surface area contributed by atoms with Gasteiger partial charge < -0.3 is 5.32 Å². The van der Waals surface area contributed by atoms with Crippen molar-refractivity contribution in [3.8, 4) is 6.07 Å². The summed E-state index contributed by atoms with van der Waals surface area (Å²) in [6.07, 6.45) is 3.96. The van der Waals surface area contributed by atoms with Gasteiger partial charge in [0.1, 0.15) is 0 Å². The van der Waals surface area contributed by atoms with Crippen LogP contribution in [0.1, 0.15) is 36.3 Å². The van der Waals surface area contributed by atoms with Gasteiger partial charge in [0.15, 0.2) is 0 Å². The van der Waals surface area contributed by atoms with Crippen LogP contribution in [0.5, 0.6) is 0 Å². The normalized spacial score (nSPS) is 27.4. The van der Waals surface area contributed by atoms with Crippen LogP contribution in [0, 0.1) is 17.2 Å². The van der Waals surface area contributed by atoms with Gasteiger partial charge in [0, 0.05) is 6.04 Å². The van der Waals surface area contributed by atoms with E-state index in [2.05, 4.69) is 17.5 Å². The molecule has 0 radical (unpaired) electrons. The predicted molar refractivity (Wildman–Crippen MR) is 63.0 cm³/mol. The molecule has 0 heterocycles. The van der Waals surface area contributed by atoms with E-state index in [1.54, 1.807) is 0 Å². The molecule has 16 heavy (non-hydrogen) atoms. The maximum absolute atomic E-state index is 9.04. The van der Waals surface area contributed by atoms with Crippen molar-refractivity contribution in [2.75, 3.05) is 6.54 Å². The summed E-state index contributed by atoms with van der Waals surface area (Å²) >= 11 is 0. The lowest BCUT2D eigenvalue weighted by molar-refractivity contribution is 0.623. The summed E-state index contributed by atoms with van der Waals surface area (Å²) in [6, 6.07) is 11.1. The Labute approximate surface area is 96.3 Å². The molecule has 2 aliphatic carbocycles. The van der Waals surface area contributed by atoms with Crippen molar-refractivity contribution >= 4 is 0 Å². The maximum Gasteiger partial charge on any atom is 0.0994 e. The number of nitriles is 1. The fourth-order valence-electron chi connectivity index (χ4n) is 2.38. The molecule has 2 saturated carbocycles. The molecule has 1 aromatic rings. The monoisotopic (exact) mass is 212 g/mol. The van der Waals surface area contributed by atoms with Crippen LogP contribution in [0.4, 0.5) is 0 Å². The smallest absolute Gasteiger partial charge is 0.0994 e. The lowest BCUT2D eigenvalue weighted by Gasteiger charge is -2.04. The molecular formula is C14H16N2. The van der Waals surface area contributed by atoms with Crippen molar-refractivity contribution in [1.29, 1.82) is 5.26 Å². The topological polar surface area (TPSA) is 35.8 Å². The largest absolute Gasteiger partial charge is 0.314 e. The summed E-state index contributed by atoms with van der Waals surface area (Å²) in [5.41, 5.74) is 2.12. The molecule has 2 aliphatic rings. The highest BCUT2D eigenvalue weighted by atomic mass is 15.0. The summed E-state index contributed by atoms with van der Waals surface area (Å²) in [6.45, 7) is 1.13. The van der Waals surface area contributed by atoms with Gasteiger partial charge >= 0.3 is 0 Å². The lowest BCUT2D eigenvalue weighted by atomic mass is 10.0. The summed E-state index contributed by atoms with van der Waals surface area (Å²) < 4.78 is 0. The Hall–Kier alpha value is -1.33. The highest BCUT2D eigenvalue weighted by Crippen LogP contribution is 2.48. The average molecular weight is 212 g/mol. The average Bonchev–Trinajstić information content (AvgIpc) is 3.20. The van der Waals surface area contributed by atoms with E-state index < -0.39 is 0 Å². The van der Waals surface area contributed by atoms with E-state index >= 15 is 0 Å². The number of hydrogen-bond acceptors (Lipinski definition) is 2. The van der Waals surface area contributed by atoms with Crippen molar-refractivity contribution in [1.82, 2.24) is 5.32 Å². The van der Waals surface area contributed by atoms with Crippen LogP contribution in [-0.4, -0.2) is 12.6 Å². The second-order valence-corrected chi connectivity index (χ2v) is 4.98. The Kier molecular flexibility index (Phi) is 2.41. The number of nitrogens with zero attached hydrogens (tertiary/aromatic N) is 1. The van der Waals surface area contributed by atoms with Crippen molar-refractivity contribution in [2.45, 2.75) is 31.2 Å². The molecule has 2 unspecified atom stereocenters. The molecule has 2 nitrogen and oxygen atoms in total. The van der Waals surface area contributed by atoms with Crippen molar-refractivity contribution in [3.05, 3.63) is 35.4 Å². The molecule has 0 aliphatic heterocycles. The first kappa shape index (κ1) is 9.86. The highest BCUT2D eigenvalue weighted by molar-refractivity contribution is 5.42. The Bertz CT molecular complexity index is 429. The third-order valence-corrected chi connectivity index (χ3v) is 3.65. The van der Waals surface area contributed by atoms with Crippen LogP contribution in [0.25, 0.3) is 0 Å². The maximum atomic E-state index is 9.04. The zero-order chi connectivity index (χ0) is 11.0. The highest BCUT2D eigenvalue weighted by Gasteiger charge is 2.39. The van der Waals surface area contributed by atoms with Gasteiger partial charge in [0.2, 0.25) is 0 Å². The Morgan fingerprint density at radius 3 is 2.88 bits per heavy atom. The minimum atomic E-state index is 0.627. The Balaban J connectivity index is 1.63. The van der Waals surface area contributed by atoms with E-state index in [1.807, 2.05) is 18.2 Å². The van der Waals surface area contributed by atoms with Crippen LogP contribution < -0.4 is 5.32 Å². The molecule has 2 atom stereocenters. The standard InChI is InChI=1S/C14H16N2/c15-8-10-3-1-2-4-13(10)14-7-11(14)9-16-12-5-6-12/h1-4,11-12,14,16H,5-7,9H2. The van der Waals surface area contributed by atoms with E-state index in [9.17, 15) is 0 Å². The third kappa shape index (κ3) is 1.96. The van der Waals surface area contributed by atoms with Crippen LogP contribution in [0.15, 0.2) is 24.3 Å². The third-order valence-electron chi connectivity index (χ3n) is 3.65. The SMILES string of the molecule is N#Cc1ccccc1C1CC1CNC1CC1. The molecule has 2 heteroatoms. The van der Waals surface area contributed by atoms with Crippen molar-refractivity contribution in [2.24, 2.45) is 5.92 Å². The van der Waals surface area contributed by atoms with Crippen molar-refractivity contribution < 1.29 is 0 Å². The van der Waals surface area contributed by atoms with Gasteiger partial charge in [-0.15, -0.1) is 0 Å². The van der Waals surface area contributed by atoms with Gasteiger partial charge in [0.05, 0.1) is 11.6 Å². The Morgan fingerprint density at radius 1 is 1.31 bits per heavy atom. The molecular weight excluding hydrogens is 196 g/mol. The second-order valence-electron chi connectivity index (χ2n) is 4.98. The second kappa shape index (κ2) is 3.92. The fraction of sp³-hybridized carbons (Fsp3) is 0.500. The minimum Gasteiger partial charge on any atom is -0.314 e. The molecule has 1 N–H and O–H groups in total. The van der Waals surface area contributed by atoms with Crippen LogP contribution in [0.3, 0.4) is 0 Å². The van der Waals surface area contributed by atoms with E-state index in [-0.39, 0.29) is 0 Å². The number of nitrogens with one attached hydrogen (secondary N) is 1. The Morgan fingerprint density at radius 2 is 2.12 bits per heavy atom. The molecule has 0 spiro atoms. The lowest BCUT2D eigenvalue weighted by Crippen LogP contribution is -2.19. The van der Waals surface area contributed by atoms with Gasteiger partial charge in [-0.25, -0.2) is 0 Å². The van der Waals surface area contributed by atoms with E-state index in [0.717, 1.165) is 24.1 Å². The molecule has 3 rings (SSSR count). The van der Waals surface area contributed by atoms with Gasteiger partial charge in [-0.1, -0.05) is 18.2 Å². The molecule has 0 bridgehead atoms. The first-order valence-corrected chi connectivity index (χ1v) is 6.11. The first-order chi connectivity index (χ1) is 7.88. The quantitative estimate of drug-likeness (QED) is 0.832. The van der Waals surface area contributed by atoms with Crippen LogP contribution in [0.2, 0.25) is 0 Å². The van der Waals surface area contributed by atoms with Gasteiger partial charge in [-0.05, 0) is 49.3 Å². The van der Waals surface area contributed by atoms with Crippen LogP contribution >= 0.6 is 0 Å². The molecule has 0 aromatic heterocycles. The summed E-state index contributed by atoms with van der Waals surface area (Å²) in [5.74, 6) is 1.39. The summed E-state index contributed by atoms with van der Waals surface area (Å²) in [5, 5.41) is 12.6.